The van der Waals surface area contributed by atoms with Crippen molar-refractivity contribution in [2.24, 2.45) is 0 Å². The van der Waals surface area contributed by atoms with E-state index in [9.17, 15) is 13.2 Å². The highest BCUT2D eigenvalue weighted by Crippen LogP contribution is 2.33. The Hall–Kier alpha value is -2.08. The normalized spacial score (nSPS) is 17.1. The van der Waals surface area contributed by atoms with Crippen molar-refractivity contribution < 1.29 is 22.4 Å². The van der Waals surface area contributed by atoms with E-state index in [4.69, 9.17) is 9.15 Å². The number of hydrogen-bond donors (Lipinski definition) is 0. The summed E-state index contributed by atoms with van der Waals surface area (Å²) in [5.41, 5.74) is 0. The van der Waals surface area contributed by atoms with Crippen LogP contribution >= 0.6 is 0 Å². The highest BCUT2D eigenvalue weighted by molar-refractivity contribution is 7.91. The number of benzene rings is 1. The Kier molecular flexibility index (Phi) is 5.58. The quantitative estimate of drug-likeness (QED) is 0.725. The van der Waals surface area contributed by atoms with Gasteiger partial charge in [0.05, 0.1) is 17.6 Å². The summed E-state index contributed by atoms with van der Waals surface area (Å²) in [5.74, 6) is -0.239. The van der Waals surface area contributed by atoms with Gasteiger partial charge in [0.1, 0.15) is 17.1 Å². The molecule has 2 aromatic rings. The van der Waals surface area contributed by atoms with Gasteiger partial charge < -0.3 is 9.15 Å². The van der Waals surface area contributed by atoms with Crippen LogP contribution in [0.4, 0.5) is 0 Å². The topological polar surface area (TPSA) is 73.6 Å². The Balaban J connectivity index is 1.80. The zero-order chi connectivity index (χ0) is 17.7. The zero-order valence-corrected chi connectivity index (χ0v) is 14.8. The lowest BCUT2D eigenvalue weighted by Gasteiger charge is -2.23. The van der Waals surface area contributed by atoms with Gasteiger partial charge in [0.2, 0.25) is 0 Å². The van der Waals surface area contributed by atoms with E-state index in [-0.39, 0.29) is 23.2 Å². The van der Waals surface area contributed by atoms with Gasteiger partial charge >= 0.3 is 5.97 Å². The molecule has 1 saturated carbocycles. The average Bonchev–Trinajstić information content (AvgIpc) is 3.15. The Bertz CT molecular complexity index is 774. The fraction of sp³-hybridized carbons (Fsp3) is 0.421. The molecule has 134 valence electrons. The van der Waals surface area contributed by atoms with E-state index in [1.807, 2.05) is 0 Å². The van der Waals surface area contributed by atoms with Crippen LogP contribution in [0.3, 0.4) is 0 Å². The number of hydrogen-bond acceptors (Lipinski definition) is 5. The lowest BCUT2D eigenvalue weighted by molar-refractivity contribution is -0.150. The van der Waals surface area contributed by atoms with Gasteiger partial charge in [-0.05, 0) is 49.9 Å². The van der Waals surface area contributed by atoms with E-state index in [1.165, 1.54) is 18.4 Å². The molecule has 0 saturated heterocycles. The molecule has 1 aromatic heterocycles. The molecular formula is C19H22O5S. The van der Waals surface area contributed by atoms with Crippen LogP contribution in [0.5, 0.6) is 0 Å². The molecule has 1 aromatic carbocycles. The van der Waals surface area contributed by atoms with Crippen molar-refractivity contribution in [2.45, 2.75) is 54.8 Å². The fourth-order valence-electron chi connectivity index (χ4n) is 3.18. The van der Waals surface area contributed by atoms with Crippen LogP contribution in [-0.4, -0.2) is 20.5 Å². The Morgan fingerprint density at radius 2 is 1.80 bits per heavy atom. The first-order chi connectivity index (χ1) is 12.1. The maximum Gasteiger partial charge on any atom is 0.307 e. The summed E-state index contributed by atoms with van der Waals surface area (Å²) < 4.78 is 36.8. The second-order valence-corrected chi connectivity index (χ2v) is 8.45. The number of rotatable bonds is 6. The van der Waals surface area contributed by atoms with Crippen LogP contribution in [0.1, 0.15) is 49.5 Å². The molecule has 0 radical (unpaired) electrons. The Morgan fingerprint density at radius 3 is 2.44 bits per heavy atom. The molecule has 1 unspecified atom stereocenters. The van der Waals surface area contributed by atoms with Gasteiger partial charge in [-0.1, -0.05) is 24.6 Å². The molecule has 0 amide bonds. The number of esters is 1. The van der Waals surface area contributed by atoms with Crippen molar-refractivity contribution in [3.05, 3.63) is 54.5 Å². The lowest BCUT2D eigenvalue weighted by Crippen LogP contribution is -2.24. The van der Waals surface area contributed by atoms with Crippen LogP contribution in [0.2, 0.25) is 0 Å². The van der Waals surface area contributed by atoms with E-state index in [2.05, 4.69) is 0 Å². The minimum atomic E-state index is -3.75. The van der Waals surface area contributed by atoms with Gasteiger partial charge in [-0.3, -0.25) is 4.79 Å². The summed E-state index contributed by atoms with van der Waals surface area (Å²) in [6.07, 6.45) is 6.01. The first kappa shape index (κ1) is 17.7. The average molecular weight is 362 g/mol. The van der Waals surface area contributed by atoms with Gasteiger partial charge in [-0.2, -0.15) is 0 Å². The molecule has 0 N–H and O–H groups in total. The minimum Gasteiger partial charge on any atom is -0.468 e. The predicted molar refractivity (Wildman–Crippen MR) is 92.7 cm³/mol. The molecule has 25 heavy (non-hydrogen) atoms. The molecule has 1 fully saturated rings. The standard InChI is InChI=1S/C19H22O5S/c20-19(24-15-8-3-1-4-9-15)14-18(17-12-7-13-23-17)25(21,22)16-10-5-2-6-11-16/h2,5-7,10-13,15,18H,1,3-4,8-9,14H2. The minimum absolute atomic E-state index is 0.0991. The zero-order valence-electron chi connectivity index (χ0n) is 14.0. The summed E-state index contributed by atoms with van der Waals surface area (Å²) in [6, 6.07) is 11.3. The van der Waals surface area contributed by atoms with Crippen LogP contribution in [0, 0.1) is 0 Å². The maximum atomic E-state index is 13.0. The Morgan fingerprint density at radius 1 is 1.08 bits per heavy atom. The third-order valence-electron chi connectivity index (χ3n) is 4.51. The molecule has 3 rings (SSSR count). The summed E-state index contributed by atoms with van der Waals surface area (Å²) in [5, 5.41) is -1.08. The van der Waals surface area contributed by atoms with Crippen molar-refractivity contribution in [1.29, 1.82) is 0 Å². The smallest absolute Gasteiger partial charge is 0.307 e. The molecule has 5 nitrogen and oxygen atoms in total. The molecule has 1 aliphatic carbocycles. The van der Waals surface area contributed by atoms with Gasteiger partial charge in [-0.25, -0.2) is 8.42 Å². The van der Waals surface area contributed by atoms with Crippen molar-refractivity contribution >= 4 is 15.8 Å². The fourth-order valence-corrected chi connectivity index (χ4v) is 4.84. The van der Waals surface area contributed by atoms with Crippen LogP contribution in [0.15, 0.2) is 58.0 Å². The molecule has 6 heteroatoms. The summed E-state index contributed by atoms with van der Waals surface area (Å²) >= 11 is 0. The molecular weight excluding hydrogens is 340 g/mol. The molecule has 1 heterocycles. The van der Waals surface area contributed by atoms with E-state index in [1.54, 1.807) is 30.3 Å². The second kappa shape index (κ2) is 7.87. The number of carbonyl (C=O) groups is 1. The van der Waals surface area contributed by atoms with E-state index in [0.29, 0.717) is 0 Å². The highest BCUT2D eigenvalue weighted by Gasteiger charge is 2.34. The van der Waals surface area contributed by atoms with Crippen LogP contribution in [-0.2, 0) is 19.4 Å². The monoisotopic (exact) mass is 362 g/mol. The largest absolute Gasteiger partial charge is 0.468 e. The SMILES string of the molecule is O=C(CC(c1ccco1)S(=O)(=O)c1ccccc1)OC1CCCCC1. The summed E-state index contributed by atoms with van der Waals surface area (Å²) in [4.78, 5) is 12.5. The second-order valence-electron chi connectivity index (χ2n) is 6.32. The molecule has 0 bridgehead atoms. The van der Waals surface area contributed by atoms with E-state index >= 15 is 0 Å². The van der Waals surface area contributed by atoms with Crippen molar-refractivity contribution in [3.63, 3.8) is 0 Å². The van der Waals surface area contributed by atoms with Crippen molar-refractivity contribution in [3.8, 4) is 0 Å². The van der Waals surface area contributed by atoms with Gasteiger partial charge in [0.15, 0.2) is 9.84 Å². The predicted octanol–water partition coefficient (Wildman–Crippen LogP) is 4.06. The van der Waals surface area contributed by atoms with Gasteiger partial charge in [0, 0.05) is 0 Å². The van der Waals surface area contributed by atoms with Crippen molar-refractivity contribution in [1.82, 2.24) is 0 Å². The summed E-state index contributed by atoms with van der Waals surface area (Å²) in [7, 11) is -3.75. The highest BCUT2D eigenvalue weighted by atomic mass is 32.2. The lowest BCUT2D eigenvalue weighted by atomic mass is 9.98. The number of carbonyl (C=O) groups excluding carboxylic acids is 1. The first-order valence-electron chi connectivity index (χ1n) is 8.59. The van der Waals surface area contributed by atoms with Gasteiger partial charge in [0.25, 0.3) is 0 Å². The van der Waals surface area contributed by atoms with Crippen LogP contribution in [0.25, 0.3) is 0 Å². The third kappa shape index (κ3) is 4.31. The molecule has 1 atom stereocenters. The number of furan rings is 1. The molecule has 1 aliphatic rings. The van der Waals surface area contributed by atoms with Crippen LogP contribution < -0.4 is 0 Å². The van der Waals surface area contributed by atoms with E-state index in [0.717, 1.165) is 32.1 Å². The Labute approximate surface area is 147 Å². The van der Waals surface area contributed by atoms with Gasteiger partial charge in [-0.15, -0.1) is 0 Å². The molecule has 0 spiro atoms. The first-order valence-corrected chi connectivity index (χ1v) is 10.1. The van der Waals surface area contributed by atoms with Crippen molar-refractivity contribution in [2.75, 3.05) is 0 Å². The summed E-state index contributed by atoms with van der Waals surface area (Å²) in [6.45, 7) is 0. The van der Waals surface area contributed by atoms with E-state index < -0.39 is 21.1 Å². The number of sulfone groups is 1. The number of ether oxygens (including phenoxy) is 1. The maximum absolute atomic E-state index is 13.0. The third-order valence-corrected chi connectivity index (χ3v) is 6.59. The molecule has 0 aliphatic heterocycles.